The fourth-order valence-electron chi connectivity index (χ4n) is 2.45. The zero-order valence-corrected chi connectivity index (χ0v) is 11.8. The molecule has 2 aliphatic rings. The summed E-state index contributed by atoms with van der Waals surface area (Å²) in [6.07, 6.45) is 5.28. The average molecular weight is 258 g/mol. The van der Waals surface area contributed by atoms with Crippen molar-refractivity contribution in [3.05, 3.63) is 0 Å². The van der Waals surface area contributed by atoms with Gasteiger partial charge in [0.1, 0.15) is 0 Å². The molecule has 1 unspecified atom stereocenters. The van der Waals surface area contributed by atoms with Gasteiger partial charge >= 0.3 is 0 Å². The zero-order chi connectivity index (χ0) is 12.0. The normalized spacial score (nSPS) is 27.0. The summed E-state index contributed by atoms with van der Waals surface area (Å²) in [6.45, 7) is 4.46. The molecule has 0 amide bonds. The fourth-order valence-corrected chi connectivity index (χ4v) is 3.44. The van der Waals surface area contributed by atoms with Gasteiger partial charge in [0, 0.05) is 44.4 Å². The van der Waals surface area contributed by atoms with Gasteiger partial charge in [0.05, 0.1) is 0 Å². The van der Waals surface area contributed by atoms with Crippen LogP contribution in [0, 0.1) is 5.41 Å². The molecule has 0 aromatic rings. The summed E-state index contributed by atoms with van der Waals surface area (Å²) in [4.78, 5) is 0. The molecule has 1 atom stereocenters. The Hall–Kier alpha value is 0.230. The maximum atomic E-state index is 5.18. The van der Waals surface area contributed by atoms with Crippen LogP contribution in [0.2, 0.25) is 0 Å². The third kappa shape index (κ3) is 4.78. The molecule has 2 fully saturated rings. The molecule has 4 heteroatoms. The predicted octanol–water partition coefficient (Wildman–Crippen LogP) is 1.49. The molecule has 1 heterocycles. The first kappa shape index (κ1) is 13.7. The maximum absolute atomic E-state index is 5.18. The van der Waals surface area contributed by atoms with Gasteiger partial charge in [-0.05, 0) is 37.6 Å². The molecule has 17 heavy (non-hydrogen) atoms. The number of thioether (sulfide) groups is 1. The van der Waals surface area contributed by atoms with Crippen LogP contribution in [0.15, 0.2) is 0 Å². The molecule has 2 N–H and O–H groups in total. The van der Waals surface area contributed by atoms with Crippen molar-refractivity contribution < 1.29 is 4.74 Å². The summed E-state index contributed by atoms with van der Waals surface area (Å²) >= 11 is 2.08. The van der Waals surface area contributed by atoms with E-state index in [0.29, 0.717) is 5.41 Å². The SMILES string of the molecule is COCCC1(CNCCC2CSCCN2)CC1. The van der Waals surface area contributed by atoms with Gasteiger partial charge < -0.3 is 15.4 Å². The molecule has 0 aromatic heterocycles. The van der Waals surface area contributed by atoms with Gasteiger partial charge in [0.25, 0.3) is 0 Å². The summed E-state index contributed by atoms with van der Waals surface area (Å²) in [5.41, 5.74) is 0.588. The Labute approximate surface area is 109 Å². The number of methoxy groups -OCH3 is 1. The number of nitrogens with one attached hydrogen (secondary N) is 2. The molecule has 2 rings (SSSR count). The third-order valence-corrected chi connectivity index (χ3v) is 5.09. The van der Waals surface area contributed by atoms with Gasteiger partial charge in [-0.3, -0.25) is 0 Å². The van der Waals surface area contributed by atoms with E-state index in [0.717, 1.165) is 19.2 Å². The van der Waals surface area contributed by atoms with Crippen molar-refractivity contribution in [3.8, 4) is 0 Å². The number of ether oxygens (including phenoxy) is 1. The highest BCUT2D eigenvalue weighted by molar-refractivity contribution is 7.99. The van der Waals surface area contributed by atoms with E-state index in [-0.39, 0.29) is 0 Å². The van der Waals surface area contributed by atoms with Crippen molar-refractivity contribution >= 4 is 11.8 Å². The molecule has 0 bridgehead atoms. The number of hydrogen-bond donors (Lipinski definition) is 2. The van der Waals surface area contributed by atoms with E-state index in [1.165, 1.54) is 50.3 Å². The summed E-state index contributed by atoms with van der Waals surface area (Å²) in [7, 11) is 1.80. The molecule has 3 nitrogen and oxygen atoms in total. The zero-order valence-electron chi connectivity index (χ0n) is 11.0. The van der Waals surface area contributed by atoms with Crippen LogP contribution in [-0.4, -0.2) is 50.9 Å². The smallest absolute Gasteiger partial charge is 0.0468 e. The highest BCUT2D eigenvalue weighted by atomic mass is 32.2. The van der Waals surface area contributed by atoms with E-state index in [1.54, 1.807) is 7.11 Å². The Morgan fingerprint density at radius 2 is 2.35 bits per heavy atom. The lowest BCUT2D eigenvalue weighted by molar-refractivity contribution is 0.171. The standard InChI is InChI=1S/C13H26N2OS/c1-16-8-5-13(3-4-13)11-14-6-2-12-10-17-9-7-15-12/h12,14-15H,2-11H2,1H3. The summed E-state index contributed by atoms with van der Waals surface area (Å²) in [6, 6.07) is 0.732. The van der Waals surface area contributed by atoms with Crippen LogP contribution in [0.4, 0.5) is 0 Å². The van der Waals surface area contributed by atoms with Gasteiger partial charge in [-0.1, -0.05) is 0 Å². The van der Waals surface area contributed by atoms with Gasteiger partial charge in [-0.25, -0.2) is 0 Å². The molecule has 1 saturated carbocycles. The Morgan fingerprint density at radius 3 is 3.00 bits per heavy atom. The second-order valence-electron chi connectivity index (χ2n) is 5.43. The molecule has 1 aliphatic carbocycles. The third-order valence-electron chi connectivity index (χ3n) is 3.96. The van der Waals surface area contributed by atoms with E-state index in [4.69, 9.17) is 4.74 Å². The monoisotopic (exact) mass is 258 g/mol. The van der Waals surface area contributed by atoms with E-state index < -0.39 is 0 Å². The van der Waals surface area contributed by atoms with Crippen molar-refractivity contribution in [1.29, 1.82) is 0 Å². The van der Waals surface area contributed by atoms with Gasteiger partial charge in [-0.15, -0.1) is 0 Å². The first-order valence-electron chi connectivity index (χ1n) is 6.85. The van der Waals surface area contributed by atoms with Crippen LogP contribution < -0.4 is 10.6 Å². The van der Waals surface area contributed by atoms with Crippen LogP contribution in [0.25, 0.3) is 0 Å². The maximum Gasteiger partial charge on any atom is 0.0468 e. The van der Waals surface area contributed by atoms with Crippen LogP contribution >= 0.6 is 11.8 Å². The van der Waals surface area contributed by atoms with E-state index >= 15 is 0 Å². The van der Waals surface area contributed by atoms with Gasteiger partial charge in [0.2, 0.25) is 0 Å². The van der Waals surface area contributed by atoms with Crippen molar-refractivity contribution in [3.63, 3.8) is 0 Å². The van der Waals surface area contributed by atoms with Gasteiger partial charge in [0.15, 0.2) is 0 Å². The molecule has 0 spiro atoms. The largest absolute Gasteiger partial charge is 0.385 e. The Kier molecular flexibility index (Phi) is 5.60. The minimum atomic E-state index is 0.588. The topological polar surface area (TPSA) is 33.3 Å². The minimum absolute atomic E-state index is 0.588. The fraction of sp³-hybridized carbons (Fsp3) is 1.00. The number of hydrogen-bond acceptors (Lipinski definition) is 4. The molecule has 100 valence electrons. The second kappa shape index (κ2) is 6.98. The quantitative estimate of drug-likeness (QED) is 0.646. The van der Waals surface area contributed by atoms with Crippen molar-refractivity contribution in [2.75, 3.05) is 44.9 Å². The highest BCUT2D eigenvalue weighted by Gasteiger charge is 2.41. The Balaban J connectivity index is 1.50. The molecular weight excluding hydrogens is 232 g/mol. The van der Waals surface area contributed by atoms with Crippen LogP contribution in [-0.2, 0) is 4.74 Å². The lowest BCUT2D eigenvalue weighted by atomic mass is 10.0. The molecule has 1 aliphatic heterocycles. The Morgan fingerprint density at radius 1 is 1.47 bits per heavy atom. The average Bonchev–Trinajstić information content (AvgIpc) is 3.14. The minimum Gasteiger partial charge on any atom is -0.385 e. The van der Waals surface area contributed by atoms with Crippen molar-refractivity contribution in [2.24, 2.45) is 5.41 Å². The lowest BCUT2D eigenvalue weighted by Crippen LogP contribution is -2.40. The molecule has 1 saturated heterocycles. The van der Waals surface area contributed by atoms with Crippen LogP contribution in [0.3, 0.4) is 0 Å². The summed E-state index contributed by atoms with van der Waals surface area (Å²) < 4.78 is 5.18. The number of rotatable bonds is 8. The first-order chi connectivity index (χ1) is 8.35. The predicted molar refractivity (Wildman–Crippen MR) is 74.8 cm³/mol. The summed E-state index contributed by atoms with van der Waals surface area (Å²) in [5.74, 6) is 2.57. The van der Waals surface area contributed by atoms with Crippen LogP contribution in [0.5, 0.6) is 0 Å². The van der Waals surface area contributed by atoms with E-state index in [2.05, 4.69) is 22.4 Å². The van der Waals surface area contributed by atoms with Crippen LogP contribution in [0.1, 0.15) is 25.7 Å². The van der Waals surface area contributed by atoms with Crippen molar-refractivity contribution in [1.82, 2.24) is 10.6 Å². The Bertz CT molecular complexity index is 215. The lowest BCUT2D eigenvalue weighted by Gasteiger charge is -2.23. The second-order valence-corrected chi connectivity index (χ2v) is 6.58. The molecule has 0 radical (unpaired) electrons. The highest BCUT2D eigenvalue weighted by Crippen LogP contribution is 2.48. The van der Waals surface area contributed by atoms with E-state index in [1.807, 2.05) is 0 Å². The van der Waals surface area contributed by atoms with Crippen molar-refractivity contribution in [2.45, 2.75) is 31.7 Å². The van der Waals surface area contributed by atoms with Gasteiger partial charge in [-0.2, -0.15) is 11.8 Å². The summed E-state index contributed by atoms with van der Waals surface area (Å²) in [5, 5.41) is 7.23. The first-order valence-corrected chi connectivity index (χ1v) is 8.01. The van der Waals surface area contributed by atoms with E-state index in [9.17, 15) is 0 Å². The molecular formula is C13H26N2OS. The molecule has 0 aromatic carbocycles.